The van der Waals surface area contributed by atoms with Crippen LogP contribution in [0.1, 0.15) is 278 Å². The van der Waals surface area contributed by atoms with Gasteiger partial charge in [-0.2, -0.15) is 0 Å². The van der Waals surface area contributed by atoms with E-state index in [4.69, 9.17) is 14.2 Å². The first-order chi connectivity index (χ1) is 37.0. The summed E-state index contributed by atoms with van der Waals surface area (Å²) in [4.78, 5) is 38.0. The summed E-state index contributed by atoms with van der Waals surface area (Å²) in [6.45, 7) is 6.43. The molecule has 6 nitrogen and oxygen atoms in total. The van der Waals surface area contributed by atoms with Crippen LogP contribution in [0.2, 0.25) is 0 Å². The van der Waals surface area contributed by atoms with Crippen molar-refractivity contribution in [1.29, 1.82) is 0 Å². The van der Waals surface area contributed by atoms with Gasteiger partial charge in [0.15, 0.2) is 6.10 Å². The number of ether oxygens (including phenoxy) is 3. The van der Waals surface area contributed by atoms with Crippen molar-refractivity contribution in [3.63, 3.8) is 0 Å². The van der Waals surface area contributed by atoms with E-state index < -0.39 is 6.10 Å². The second kappa shape index (κ2) is 62.4. The van der Waals surface area contributed by atoms with Gasteiger partial charge < -0.3 is 14.2 Å². The van der Waals surface area contributed by atoms with E-state index in [-0.39, 0.29) is 31.1 Å². The molecule has 75 heavy (non-hydrogen) atoms. The molecule has 0 aromatic carbocycles. The maximum atomic E-state index is 12.8. The molecule has 0 heterocycles. The first-order valence-electron chi connectivity index (χ1n) is 31.0. The zero-order chi connectivity index (χ0) is 54.3. The fourth-order valence-electron chi connectivity index (χ4n) is 8.32. The Morgan fingerprint density at radius 1 is 0.280 bits per heavy atom. The zero-order valence-corrected chi connectivity index (χ0v) is 48.8. The van der Waals surface area contributed by atoms with Crippen LogP contribution >= 0.6 is 0 Å². The summed E-state index contributed by atoms with van der Waals surface area (Å²) >= 11 is 0. The monoisotopic (exact) mass is 1040 g/mol. The predicted octanol–water partition coefficient (Wildman–Crippen LogP) is 21.2. The molecule has 0 N–H and O–H groups in total. The molecule has 0 fully saturated rings. The average Bonchev–Trinajstić information content (AvgIpc) is 3.41. The minimum absolute atomic E-state index is 0.0840. The first-order valence-corrected chi connectivity index (χ1v) is 31.0. The smallest absolute Gasteiger partial charge is 0.306 e. The summed E-state index contributed by atoms with van der Waals surface area (Å²) in [7, 11) is 0. The molecule has 0 aliphatic rings. The normalized spacial score (nSPS) is 12.9. The molecular weight excluding hydrogens is 925 g/mol. The van der Waals surface area contributed by atoms with Crippen LogP contribution in [0, 0.1) is 0 Å². The zero-order valence-electron chi connectivity index (χ0n) is 48.8. The van der Waals surface area contributed by atoms with Crippen molar-refractivity contribution in [2.75, 3.05) is 13.2 Å². The number of unbranched alkanes of at least 4 members (excludes halogenated alkanes) is 24. The number of hydrogen-bond donors (Lipinski definition) is 0. The lowest BCUT2D eigenvalue weighted by Crippen LogP contribution is -2.30. The molecule has 0 aromatic rings. The van der Waals surface area contributed by atoms with Crippen LogP contribution in [-0.2, 0) is 28.6 Å². The standard InChI is InChI=1S/C69H114O6/c1-4-7-10-13-16-19-21-23-24-25-26-27-28-29-30-31-32-33-34-35-36-37-38-39-40-41-42-43-44-46-47-50-53-56-59-62-68(71)74-65-66(64-73-67(70)61-58-55-52-49-18-15-12-9-6-3)75-69(72)63-60-57-54-51-48-45-22-20-17-14-11-8-5-2/h7,10-11,14,16,19-20,22-24,26-27,29-30,32-33,35-36,38-39,66H,4-6,8-9,12-13,15,17-18,21,25,28,31,34,37,40-65H2,1-3H3/b10-7-,14-11-,19-16-,22-20-,24-23-,27-26-,30-29-,33-32-,36-35-,39-38-. The third-order valence-corrected chi connectivity index (χ3v) is 12.9. The highest BCUT2D eigenvalue weighted by Crippen LogP contribution is 2.15. The number of esters is 3. The van der Waals surface area contributed by atoms with Gasteiger partial charge in [-0.15, -0.1) is 0 Å². The van der Waals surface area contributed by atoms with Crippen LogP contribution in [0.15, 0.2) is 122 Å². The summed E-state index contributed by atoms with van der Waals surface area (Å²) in [6.07, 6.45) is 86.5. The molecule has 1 atom stereocenters. The van der Waals surface area contributed by atoms with Gasteiger partial charge in [-0.05, 0) is 109 Å². The van der Waals surface area contributed by atoms with Crippen molar-refractivity contribution in [3.05, 3.63) is 122 Å². The van der Waals surface area contributed by atoms with Crippen LogP contribution in [0.4, 0.5) is 0 Å². The molecule has 0 bridgehead atoms. The van der Waals surface area contributed by atoms with Gasteiger partial charge in [0.2, 0.25) is 0 Å². The summed E-state index contributed by atoms with van der Waals surface area (Å²) in [5.74, 6) is -0.905. The molecule has 0 radical (unpaired) electrons. The Bertz CT molecular complexity index is 1570. The minimum atomic E-state index is -0.786. The molecule has 0 saturated heterocycles. The van der Waals surface area contributed by atoms with Gasteiger partial charge in [-0.3, -0.25) is 14.4 Å². The highest BCUT2D eigenvalue weighted by atomic mass is 16.6. The molecule has 1 unspecified atom stereocenters. The molecule has 0 aromatic heterocycles. The number of hydrogen-bond acceptors (Lipinski definition) is 6. The Morgan fingerprint density at radius 3 is 0.867 bits per heavy atom. The highest BCUT2D eigenvalue weighted by molar-refractivity contribution is 5.71. The van der Waals surface area contributed by atoms with E-state index in [1.165, 1.54) is 96.3 Å². The van der Waals surface area contributed by atoms with Crippen molar-refractivity contribution in [2.24, 2.45) is 0 Å². The van der Waals surface area contributed by atoms with E-state index >= 15 is 0 Å². The number of carbonyl (C=O) groups excluding carboxylic acids is 3. The Morgan fingerprint density at radius 2 is 0.547 bits per heavy atom. The van der Waals surface area contributed by atoms with Crippen LogP contribution in [0.3, 0.4) is 0 Å². The molecular formula is C69H114O6. The lowest BCUT2D eigenvalue weighted by Gasteiger charge is -2.18. The van der Waals surface area contributed by atoms with E-state index in [9.17, 15) is 14.4 Å². The van der Waals surface area contributed by atoms with Crippen LogP contribution in [0.25, 0.3) is 0 Å². The van der Waals surface area contributed by atoms with E-state index in [1.54, 1.807) is 0 Å². The van der Waals surface area contributed by atoms with Crippen molar-refractivity contribution in [2.45, 2.75) is 284 Å². The number of allylic oxidation sites excluding steroid dienone is 20. The molecule has 0 spiro atoms. The van der Waals surface area contributed by atoms with Gasteiger partial charge in [-0.1, -0.05) is 271 Å². The van der Waals surface area contributed by atoms with E-state index in [0.717, 1.165) is 141 Å². The maximum absolute atomic E-state index is 12.8. The van der Waals surface area contributed by atoms with Crippen LogP contribution < -0.4 is 0 Å². The van der Waals surface area contributed by atoms with E-state index in [1.807, 2.05) is 0 Å². The van der Waals surface area contributed by atoms with Crippen LogP contribution in [0.5, 0.6) is 0 Å². The van der Waals surface area contributed by atoms with Crippen molar-refractivity contribution in [1.82, 2.24) is 0 Å². The predicted molar refractivity (Wildman–Crippen MR) is 325 cm³/mol. The summed E-state index contributed by atoms with van der Waals surface area (Å²) in [6, 6.07) is 0. The molecule has 426 valence electrons. The summed E-state index contributed by atoms with van der Waals surface area (Å²) in [5.41, 5.74) is 0. The molecule has 6 heteroatoms. The molecule has 0 rings (SSSR count). The Labute approximate surface area is 462 Å². The lowest BCUT2D eigenvalue weighted by molar-refractivity contribution is -0.167. The Balaban J connectivity index is 4.13. The first kappa shape index (κ1) is 70.8. The lowest BCUT2D eigenvalue weighted by atomic mass is 10.1. The average molecular weight is 1040 g/mol. The summed E-state index contributed by atoms with van der Waals surface area (Å²) in [5, 5.41) is 0. The van der Waals surface area contributed by atoms with Crippen molar-refractivity contribution < 1.29 is 28.6 Å². The maximum Gasteiger partial charge on any atom is 0.306 e. The minimum Gasteiger partial charge on any atom is -0.462 e. The SMILES string of the molecule is CC/C=C\C/C=C\C/C=C\C/C=C\C/C=C\C/C=C\C/C=C\C/C=C\CCCCCCCCCCCCC(=O)OCC(COC(=O)CCCCCCCCCCC)OC(=O)CCCCCCC/C=C\C/C=C\CCC. The third-order valence-electron chi connectivity index (χ3n) is 12.9. The van der Waals surface area contributed by atoms with Gasteiger partial charge in [0.05, 0.1) is 0 Å². The highest BCUT2D eigenvalue weighted by Gasteiger charge is 2.19. The fourth-order valence-corrected chi connectivity index (χ4v) is 8.32. The largest absolute Gasteiger partial charge is 0.462 e. The van der Waals surface area contributed by atoms with E-state index in [2.05, 4.69) is 142 Å². The van der Waals surface area contributed by atoms with E-state index in [0.29, 0.717) is 19.3 Å². The summed E-state index contributed by atoms with van der Waals surface area (Å²) < 4.78 is 16.8. The second-order valence-electron chi connectivity index (χ2n) is 20.2. The Hall–Kier alpha value is -4.19. The fraction of sp³-hybridized carbons (Fsp3) is 0.667. The van der Waals surface area contributed by atoms with Crippen LogP contribution in [-0.4, -0.2) is 37.2 Å². The van der Waals surface area contributed by atoms with Gasteiger partial charge >= 0.3 is 17.9 Å². The van der Waals surface area contributed by atoms with Gasteiger partial charge in [-0.25, -0.2) is 0 Å². The van der Waals surface area contributed by atoms with Gasteiger partial charge in [0.1, 0.15) is 13.2 Å². The third kappa shape index (κ3) is 60.6. The second-order valence-corrected chi connectivity index (χ2v) is 20.2. The number of carbonyl (C=O) groups is 3. The van der Waals surface area contributed by atoms with Gasteiger partial charge in [0.25, 0.3) is 0 Å². The topological polar surface area (TPSA) is 78.9 Å². The van der Waals surface area contributed by atoms with Gasteiger partial charge in [0, 0.05) is 19.3 Å². The van der Waals surface area contributed by atoms with Crippen molar-refractivity contribution >= 4 is 17.9 Å². The molecule has 0 saturated carbocycles. The molecule has 0 amide bonds. The number of rotatable bonds is 55. The molecule has 0 aliphatic heterocycles. The quantitative estimate of drug-likeness (QED) is 0.0261. The molecule has 0 aliphatic carbocycles. The Kier molecular flexibility index (Phi) is 58.9. The van der Waals surface area contributed by atoms with Crippen molar-refractivity contribution in [3.8, 4) is 0 Å².